The highest BCUT2D eigenvalue weighted by Crippen LogP contribution is 2.31. The molecule has 0 saturated carbocycles. The molecule has 0 aromatic carbocycles. The van der Waals surface area contributed by atoms with Crippen molar-refractivity contribution < 1.29 is 9.47 Å². The molecule has 0 amide bonds. The standard InChI is InChI=1S/C9H10ClN3O5/c1-8(3-17-8)11-5(14)12(9(2)4-18-9)7(16)13(10)6(11)15/h3-4H2,1-2H3. The molecule has 0 aliphatic carbocycles. The highest BCUT2D eigenvalue weighted by molar-refractivity contribution is 6.14. The minimum Gasteiger partial charge on any atom is -0.348 e. The van der Waals surface area contributed by atoms with Gasteiger partial charge in [-0.1, -0.05) is 0 Å². The van der Waals surface area contributed by atoms with Gasteiger partial charge in [-0.05, 0) is 13.8 Å². The van der Waals surface area contributed by atoms with Gasteiger partial charge < -0.3 is 9.47 Å². The van der Waals surface area contributed by atoms with Gasteiger partial charge in [0.2, 0.25) is 0 Å². The van der Waals surface area contributed by atoms with E-state index >= 15 is 0 Å². The highest BCUT2D eigenvalue weighted by Gasteiger charge is 2.49. The van der Waals surface area contributed by atoms with Crippen molar-refractivity contribution in [2.75, 3.05) is 13.2 Å². The van der Waals surface area contributed by atoms with Crippen LogP contribution in [0.4, 0.5) is 0 Å². The number of rotatable bonds is 2. The van der Waals surface area contributed by atoms with Crippen LogP contribution in [-0.2, 0) is 20.9 Å². The summed E-state index contributed by atoms with van der Waals surface area (Å²) in [6.07, 6.45) is 0. The molecular formula is C9H10ClN3O5. The van der Waals surface area contributed by atoms with Crippen LogP contribution in [0.5, 0.6) is 0 Å². The van der Waals surface area contributed by atoms with Gasteiger partial charge in [0, 0.05) is 11.8 Å². The van der Waals surface area contributed by atoms with Gasteiger partial charge in [-0.3, -0.25) is 0 Å². The first-order chi connectivity index (χ1) is 8.30. The maximum atomic E-state index is 12.2. The molecule has 2 atom stereocenters. The van der Waals surface area contributed by atoms with Gasteiger partial charge in [0.1, 0.15) is 0 Å². The number of nitrogens with zero attached hydrogens (tertiary/aromatic N) is 3. The quantitative estimate of drug-likeness (QED) is 0.618. The molecule has 1 aromatic heterocycles. The van der Waals surface area contributed by atoms with E-state index in [1.165, 1.54) is 0 Å². The molecule has 0 spiro atoms. The monoisotopic (exact) mass is 275 g/mol. The van der Waals surface area contributed by atoms with E-state index < -0.39 is 28.5 Å². The van der Waals surface area contributed by atoms with Crippen molar-refractivity contribution in [3.8, 4) is 0 Å². The lowest BCUT2D eigenvalue weighted by molar-refractivity contribution is 0.191. The zero-order chi connectivity index (χ0) is 13.3. The van der Waals surface area contributed by atoms with Gasteiger partial charge in [0.15, 0.2) is 11.4 Å². The third-order valence-electron chi connectivity index (χ3n) is 3.17. The molecule has 0 bridgehead atoms. The lowest BCUT2D eigenvalue weighted by Crippen LogP contribution is -2.57. The molecule has 2 aliphatic heterocycles. The van der Waals surface area contributed by atoms with E-state index in [1.807, 2.05) is 0 Å². The van der Waals surface area contributed by atoms with Gasteiger partial charge in [0.25, 0.3) is 0 Å². The lowest BCUT2D eigenvalue weighted by atomic mass is 10.3. The molecule has 9 heteroatoms. The SMILES string of the molecule is CC1(n2c(=O)n(Cl)c(=O)n(C3(C)CO3)c2=O)CO1. The van der Waals surface area contributed by atoms with Crippen molar-refractivity contribution in [2.45, 2.75) is 25.3 Å². The van der Waals surface area contributed by atoms with E-state index in [-0.39, 0.29) is 13.2 Å². The van der Waals surface area contributed by atoms with E-state index in [9.17, 15) is 14.4 Å². The number of epoxide rings is 2. The van der Waals surface area contributed by atoms with Crippen LogP contribution in [0.15, 0.2) is 14.4 Å². The summed E-state index contributed by atoms with van der Waals surface area (Å²) >= 11 is 5.63. The predicted octanol–water partition coefficient (Wildman–Crippen LogP) is -1.42. The van der Waals surface area contributed by atoms with Crippen molar-refractivity contribution in [1.82, 2.24) is 13.2 Å². The topological polar surface area (TPSA) is 91.1 Å². The number of aromatic nitrogens is 3. The van der Waals surface area contributed by atoms with Gasteiger partial charge in [-0.15, -0.1) is 0 Å². The fraction of sp³-hybridized carbons (Fsp3) is 0.667. The van der Waals surface area contributed by atoms with Crippen LogP contribution in [0.1, 0.15) is 13.8 Å². The Morgan fingerprint density at radius 2 is 1.28 bits per heavy atom. The largest absolute Gasteiger partial charge is 0.353 e. The Kier molecular flexibility index (Phi) is 2.04. The second-order valence-electron chi connectivity index (χ2n) is 4.73. The summed E-state index contributed by atoms with van der Waals surface area (Å²) in [5, 5.41) is 0. The molecule has 2 fully saturated rings. The van der Waals surface area contributed by atoms with Crippen LogP contribution in [0.3, 0.4) is 0 Å². The minimum atomic E-state index is -1.04. The maximum Gasteiger partial charge on any atom is 0.353 e. The summed E-state index contributed by atoms with van der Waals surface area (Å²) in [5.41, 5.74) is -4.67. The minimum absolute atomic E-state index is 0.217. The van der Waals surface area contributed by atoms with E-state index in [2.05, 4.69) is 0 Å². The fourth-order valence-electron chi connectivity index (χ4n) is 1.80. The fourth-order valence-corrected chi connectivity index (χ4v) is 1.95. The van der Waals surface area contributed by atoms with Gasteiger partial charge in [-0.2, -0.15) is 4.09 Å². The smallest absolute Gasteiger partial charge is 0.348 e. The predicted molar refractivity (Wildman–Crippen MR) is 59.7 cm³/mol. The molecule has 3 heterocycles. The molecular weight excluding hydrogens is 266 g/mol. The summed E-state index contributed by atoms with van der Waals surface area (Å²) in [4.78, 5) is 35.9. The number of halogens is 1. The van der Waals surface area contributed by atoms with Crippen LogP contribution < -0.4 is 17.1 Å². The number of hydrogen-bond donors (Lipinski definition) is 0. The second-order valence-corrected chi connectivity index (χ2v) is 5.06. The van der Waals surface area contributed by atoms with E-state index in [0.717, 1.165) is 9.13 Å². The summed E-state index contributed by atoms with van der Waals surface area (Å²) in [6, 6.07) is 0. The van der Waals surface area contributed by atoms with Gasteiger partial charge in [0.05, 0.1) is 13.2 Å². The van der Waals surface area contributed by atoms with Crippen molar-refractivity contribution in [2.24, 2.45) is 0 Å². The molecule has 2 aliphatic rings. The Balaban J connectivity index is 2.42. The third-order valence-corrected chi connectivity index (χ3v) is 3.46. The Morgan fingerprint density at radius 3 is 1.56 bits per heavy atom. The maximum absolute atomic E-state index is 12.2. The molecule has 8 nitrogen and oxygen atoms in total. The molecule has 18 heavy (non-hydrogen) atoms. The Morgan fingerprint density at radius 1 is 0.944 bits per heavy atom. The second kappa shape index (κ2) is 3.14. The summed E-state index contributed by atoms with van der Waals surface area (Å²) in [7, 11) is 0. The molecule has 0 N–H and O–H groups in total. The lowest BCUT2D eigenvalue weighted by Gasteiger charge is -2.14. The molecule has 1 aromatic rings. The third kappa shape index (κ3) is 1.36. The van der Waals surface area contributed by atoms with Gasteiger partial charge >= 0.3 is 17.1 Å². The van der Waals surface area contributed by atoms with Crippen LogP contribution in [-0.4, -0.2) is 26.4 Å². The first kappa shape index (κ1) is 11.7. The zero-order valence-corrected chi connectivity index (χ0v) is 10.4. The molecule has 2 saturated heterocycles. The van der Waals surface area contributed by atoms with Crippen LogP contribution in [0.2, 0.25) is 0 Å². The van der Waals surface area contributed by atoms with Crippen molar-refractivity contribution >= 4 is 11.8 Å². The van der Waals surface area contributed by atoms with Crippen LogP contribution in [0, 0.1) is 0 Å². The first-order valence-electron chi connectivity index (χ1n) is 5.26. The van der Waals surface area contributed by atoms with Gasteiger partial charge in [-0.25, -0.2) is 23.5 Å². The number of hydrogen-bond acceptors (Lipinski definition) is 5. The van der Waals surface area contributed by atoms with E-state index in [1.54, 1.807) is 13.8 Å². The Bertz CT molecular complexity index is 650. The molecule has 98 valence electrons. The van der Waals surface area contributed by atoms with E-state index in [4.69, 9.17) is 21.3 Å². The normalized spacial score (nSPS) is 33.5. The summed E-state index contributed by atoms with van der Waals surface area (Å²) in [5.74, 6) is 0. The van der Waals surface area contributed by atoms with Crippen LogP contribution >= 0.6 is 11.8 Å². The molecule has 0 radical (unpaired) electrons. The molecule has 3 rings (SSSR count). The highest BCUT2D eigenvalue weighted by atomic mass is 35.5. The van der Waals surface area contributed by atoms with Crippen LogP contribution in [0.25, 0.3) is 0 Å². The van der Waals surface area contributed by atoms with Crippen molar-refractivity contribution in [3.05, 3.63) is 31.5 Å². The van der Waals surface area contributed by atoms with Crippen molar-refractivity contribution in [3.63, 3.8) is 0 Å². The average Bonchev–Trinajstić information content (AvgIpc) is 3.18. The number of ether oxygens (including phenoxy) is 2. The first-order valence-corrected chi connectivity index (χ1v) is 5.60. The Labute approximate surface area is 105 Å². The summed E-state index contributed by atoms with van der Waals surface area (Å²) in [6.45, 7) is 3.57. The summed E-state index contributed by atoms with van der Waals surface area (Å²) < 4.78 is 12.1. The Hall–Kier alpha value is -1.38. The zero-order valence-electron chi connectivity index (χ0n) is 9.68. The van der Waals surface area contributed by atoms with E-state index in [0.29, 0.717) is 4.09 Å². The average molecular weight is 276 g/mol. The molecule has 2 unspecified atom stereocenters. The van der Waals surface area contributed by atoms with Crippen molar-refractivity contribution in [1.29, 1.82) is 0 Å².